The largest absolute Gasteiger partial charge is 0.463 e. The van der Waals surface area contributed by atoms with Gasteiger partial charge >= 0.3 is 11.9 Å². The number of carbonyl (C=O) groups is 2. The fraction of sp³-hybridized carbons (Fsp3) is 0.667. The lowest BCUT2D eigenvalue weighted by atomic mass is 9.29. The van der Waals surface area contributed by atoms with E-state index in [2.05, 4.69) is 65.8 Å². The van der Waals surface area contributed by atoms with Gasteiger partial charge in [0.15, 0.2) is 0 Å². The Morgan fingerprint density at radius 1 is 0.850 bits per heavy atom. The fourth-order valence-electron chi connectivity index (χ4n) is 9.02. The van der Waals surface area contributed by atoms with E-state index in [1.54, 1.807) is 0 Å². The van der Waals surface area contributed by atoms with Gasteiger partial charge in [-0.3, -0.25) is 0 Å². The molecule has 4 nitrogen and oxygen atoms in total. The molecule has 4 bridgehead atoms. The van der Waals surface area contributed by atoms with Gasteiger partial charge < -0.3 is 9.47 Å². The molecule has 0 aliphatic heterocycles. The van der Waals surface area contributed by atoms with E-state index in [0.717, 1.165) is 23.8 Å². The Bertz CT molecular complexity index is 1210. The van der Waals surface area contributed by atoms with Crippen LogP contribution in [-0.4, -0.2) is 25.2 Å². The minimum Gasteiger partial charge on any atom is -0.463 e. The molecule has 0 spiro atoms. The highest BCUT2D eigenvalue weighted by molar-refractivity contribution is 5.90. The summed E-state index contributed by atoms with van der Waals surface area (Å²) in [5.41, 5.74) is 7.75. The van der Waals surface area contributed by atoms with Crippen LogP contribution in [-0.2, 0) is 19.7 Å². The monoisotopic (exact) mass is 546 g/mol. The number of aryl methyl sites for hydroxylation is 1. The van der Waals surface area contributed by atoms with E-state index < -0.39 is 0 Å². The Balaban J connectivity index is 0.000000161. The lowest BCUT2D eigenvalue weighted by Crippen LogP contribution is -2.66. The van der Waals surface area contributed by atoms with Gasteiger partial charge in [-0.15, -0.1) is 0 Å². The summed E-state index contributed by atoms with van der Waals surface area (Å²) in [5, 5.41) is 0. The van der Waals surface area contributed by atoms with Crippen LogP contribution in [0.1, 0.15) is 115 Å². The predicted octanol–water partition coefficient (Wildman–Crippen LogP) is 8.52. The molecule has 0 saturated heterocycles. The van der Waals surface area contributed by atoms with Crippen LogP contribution in [0.2, 0.25) is 0 Å². The molecule has 1 aromatic carbocycles. The van der Waals surface area contributed by atoms with E-state index in [1.165, 1.54) is 55.2 Å². The van der Waals surface area contributed by atoms with Gasteiger partial charge in [-0.1, -0.05) is 51.5 Å². The molecule has 4 heteroatoms. The van der Waals surface area contributed by atoms with Crippen molar-refractivity contribution >= 4 is 11.9 Å². The summed E-state index contributed by atoms with van der Waals surface area (Å²) in [7, 11) is 0. The third-order valence-corrected chi connectivity index (χ3v) is 11.7. The van der Waals surface area contributed by atoms with Crippen molar-refractivity contribution in [2.75, 3.05) is 13.2 Å². The number of carbonyl (C=O) groups excluding carboxylic acids is 2. The molecule has 0 N–H and O–H groups in total. The summed E-state index contributed by atoms with van der Waals surface area (Å²) < 4.78 is 10.3. The molecule has 7 aliphatic rings. The van der Waals surface area contributed by atoms with E-state index in [0.29, 0.717) is 46.4 Å². The maximum atomic E-state index is 11.9. The van der Waals surface area contributed by atoms with Crippen LogP contribution in [0.3, 0.4) is 0 Å². The minimum atomic E-state index is -0.195. The fourth-order valence-corrected chi connectivity index (χ4v) is 9.02. The number of allylic oxidation sites excluding steroid dienone is 3. The molecule has 6 fully saturated rings. The third kappa shape index (κ3) is 4.49. The highest BCUT2D eigenvalue weighted by Gasteiger charge is 2.71. The first-order valence-electron chi connectivity index (χ1n) is 15.7. The zero-order valence-electron chi connectivity index (χ0n) is 26.1. The van der Waals surface area contributed by atoms with Crippen molar-refractivity contribution in [3.8, 4) is 0 Å². The summed E-state index contributed by atoms with van der Waals surface area (Å²) >= 11 is 0. The van der Waals surface area contributed by atoms with E-state index in [1.807, 2.05) is 19.9 Å². The summed E-state index contributed by atoms with van der Waals surface area (Å²) in [4.78, 5) is 23.9. The van der Waals surface area contributed by atoms with E-state index in [9.17, 15) is 9.59 Å². The Morgan fingerprint density at radius 3 is 1.95 bits per heavy atom. The molecule has 218 valence electrons. The van der Waals surface area contributed by atoms with Gasteiger partial charge in [-0.2, -0.15) is 0 Å². The molecule has 1 aromatic rings. The Kier molecular flexibility index (Phi) is 7.41. The molecule has 1 atom stereocenters. The number of benzene rings is 1. The second-order valence-corrected chi connectivity index (χ2v) is 14.5. The first kappa shape index (κ1) is 29.1. The van der Waals surface area contributed by atoms with Gasteiger partial charge in [0.05, 0.1) is 18.8 Å². The summed E-state index contributed by atoms with van der Waals surface area (Å²) in [5.74, 6) is 1.73. The zero-order chi connectivity index (χ0) is 29.1. The second-order valence-electron chi connectivity index (χ2n) is 14.5. The van der Waals surface area contributed by atoms with Crippen LogP contribution in [0.15, 0.2) is 41.5 Å². The van der Waals surface area contributed by atoms with Crippen LogP contribution < -0.4 is 0 Å². The second kappa shape index (κ2) is 10.2. The number of rotatable bonds is 8. The standard InChI is InChI=1S/C18H26O2.C18H24O2/c2*1-5-20-16(19)14-7-6-13(4)15(8-14)18-9-17(10-18,11-18)12(2)3/h6,8,12,15H,5,7,9-11H2,1-4H3;6-8,12H,5,9-11H2,1-4H3. The lowest BCUT2D eigenvalue weighted by molar-refractivity contribution is -0.244. The normalized spacial score (nSPS) is 34.6. The van der Waals surface area contributed by atoms with Gasteiger partial charge in [0.25, 0.3) is 0 Å². The van der Waals surface area contributed by atoms with Gasteiger partial charge in [-0.25, -0.2) is 9.59 Å². The van der Waals surface area contributed by atoms with Crippen molar-refractivity contribution < 1.29 is 19.1 Å². The van der Waals surface area contributed by atoms with Crippen molar-refractivity contribution in [1.29, 1.82) is 0 Å². The molecule has 0 radical (unpaired) electrons. The SMILES string of the molecule is CCOC(=O)C1=CC(C23CC(C(C)C)(C2)C3)C(C)=CC1.CCOC(=O)c1ccc(C)c(C23CC(C(C)C)(C2)C3)c1. The van der Waals surface area contributed by atoms with Crippen molar-refractivity contribution in [1.82, 2.24) is 0 Å². The van der Waals surface area contributed by atoms with Crippen molar-refractivity contribution in [3.05, 3.63) is 58.2 Å². The van der Waals surface area contributed by atoms with Crippen LogP contribution in [0.4, 0.5) is 0 Å². The molecule has 0 heterocycles. The minimum absolute atomic E-state index is 0.119. The lowest BCUT2D eigenvalue weighted by Gasteiger charge is -2.75. The number of hydrogen-bond donors (Lipinski definition) is 0. The predicted molar refractivity (Wildman–Crippen MR) is 160 cm³/mol. The third-order valence-electron chi connectivity index (χ3n) is 11.7. The first-order chi connectivity index (χ1) is 18.8. The quantitative estimate of drug-likeness (QED) is 0.242. The average Bonchev–Trinajstić information content (AvgIpc) is 2.78. The van der Waals surface area contributed by atoms with Gasteiger partial charge in [-0.05, 0) is 129 Å². The maximum absolute atomic E-state index is 11.9. The molecule has 1 unspecified atom stereocenters. The van der Waals surface area contributed by atoms with E-state index in [4.69, 9.17) is 9.47 Å². The highest BCUT2D eigenvalue weighted by atomic mass is 16.5. The molecule has 0 amide bonds. The summed E-state index contributed by atoms with van der Waals surface area (Å²) in [6.45, 7) is 18.4. The molecular formula is C36H50O4. The Labute approximate surface area is 242 Å². The van der Waals surface area contributed by atoms with E-state index >= 15 is 0 Å². The van der Waals surface area contributed by atoms with Crippen molar-refractivity contribution in [2.24, 2.45) is 34.0 Å². The number of hydrogen-bond acceptors (Lipinski definition) is 4. The van der Waals surface area contributed by atoms with Crippen LogP contribution in [0.5, 0.6) is 0 Å². The summed E-state index contributed by atoms with van der Waals surface area (Å²) in [6, 6.07) is 6.04. The van der Waals surface area contributed by atoms with Crippen molar-refractivity contribution in [2.45, 2.75) is 106 Å². The van der Waals surface area contributed by atoms with Crippen LogP contribution in [0, 0.1) is 40.9 Å². The maximum Gasteiger partial charge on any atom is 0.338 e. The Hall–Kier alpha value is -2.36. The van der Waals surface area contributed by atoms with Gasteiger partial charge in [0.1, 0.15) is 0 Å². The molecule has 40 heavy (non-hydrogen) atoms. The zero-order valence-corrected chi connectivity index (χ0v) is 26.1. The molecule has 8 rings (SSSR count). The molecule has 7 aliphatic carbocycles. The topological polar surface area (TPSA) is 52.6 Å². The number of esters is 2. The first-order valence-corrected chi connectivity index (χ1v) is 15.7. The van der Waals surface area contributed by atoms with Gasteiger partial charge in [0.2, 0.25) is 0 Å². The van der Waals surface area contributed by atoms with Crippen LogP contribution >= 0.6 is 0 Å². The van der Waals surface area contributed by atoms with Crippen molar-refractivity contribution in [3.63, 3.8) is 0 Å². The molecule has 6 saturated carbocycles. The number of ether oxygens (including phenoxy) is 2. The molecule has 0 aromatic heterocycles. The molecular weight excluding hydrogens is 496 g/mol. The smallest absolute Gasteiger partial charge is 0.338 e. The Morgan fingerprint density at radius 2 is 1.40 bits per heavy atom. The highest BCUT2D eigenvalue weighted by Crippen LogP contribution is 2.80. The summed E-state index contributed by atoms with van der Waals surface area (Å²) in [6.07, 6.45) is 13.1. The average molecular weight is 547 g/mol. The van der Waals surface area contributed by atoms with Gasteiger partial charge in [0, 0.05) is 11.5 Å². The van der Waals surface area contributed by atoms with E-state index in [-0.39, 0.29) is 11.9 Å². The van der Waals surface area contributed by atoms with Crippen LogP contribution in [0.25, 0.3) is 0 Å².